The van der Waals surface area contributed by atoms with Crippen LogP contribution >= 0.6 is 0 Å². The lowest BCUT2D eigenvalue weighted by atomic mass is 9.92. The number of amides is 2. The summed E-state index contributed by atoms with van der Waals surface area (Å²) in [4.78, 5) is 35.7. The van der Waals surface area contributed by atoms with Crippen molar-refractivity contribution in [3.05, 3.63) is 39.1 Å². The third-order valence-corrected chi connectivity index (χ3v) is 4.18. The molecule has 1 heterocycles. The number of nitro benzene ring substituents is 1. The Hall–Kier alpha value is -3.30. The van der Waals surface area contributed by atoms with Crippen LogP contribution in [0.5, 0.6) is 11.5 Å². The Morgan fingerprint density at radius 3 is 2.50 bits per heavy atom. The molecule has 0 aromatic heterocycles. The van der Waals surface area contributed by atoms with Crippen LogP contribution in [0.1, 0.15) is 38.3 Å². The number of urea groups is 1. The first kappa shape index (κ1) is 21.0. The number of methoxy groups -OCH3 is 2. The minimum absolute atomic E-state index is 0.0955. The van der Waals surface area contributed by atoms with Gasteiger partial charge in [-0.3, -0.25) is 10.1 Å². The van der Waals surface area contributed by atoms with Crippen LogP contribution in [0, 0.1) is 10.1 Å². The molecule has 10 heteroatoms. The molecule has 0 bridgehead atoms. The first-order chi connectivity index (χ1) is 13.4. The summed E-state index contributed by atoms with van der Waals surface area (Å²) in [5.74, 6) is -0.251. The smallest absolute Gasteiger partial charge is 0.337 e. The van der Waals surface area contributed by atoms with E-state index in [0.29, 0.717) is 25.1 Å². The van der Waals surface area contributed by atoms with Gasteiger partial charge in [0.05, 0.1) is 49.0 Å². The molecule has 2 N–H and O–H groups in total. The topological polar surface area (TPSA) is 129 Å². The number of hydrogen-bond donors (Lipinski definition) is 2. The number of ether oxygens (including phenoxy) is 3. The lowest BCUT2D eigenvalue weighted by molar-refractivity contribution is -0.385. The highest BCUT2D eigenvalue weighted by Crippen LogP contribution is 2.41. The second-order valence-corrected chi connectivity index (χ2v) is 5.92. The maximum absolute atomic E-state index is 12.5. The summed E-state index contributed by atoms with van der Waals surface area (Å²) < 4.78 is 15.5. The fraction of sp³-hybridized carbons (Fsp3) is 0.444. The van der Waals surface area contributed by atoms with Gasteiger partial charge in [-0.2, -0.15) is 0 Å². The van der Waals surface area contributed by atoms with E-state index in [0.717, 1.165) is 0 Å². The zero-order valence-corrected chi connectivity index (χ0v) is 16.2. The number of allylic oxidation sites excluding steroid dienone is 1. The van der Waals surface area contributed by atoms with E-state index in [9.17, 15) is 19.7 Å². The van der Waals surface area contributed by atoms with Gasteiger partial charge in [0.25, 0.3) is 5.69 Å². The van der Waals surface area contributed by atoms with Crippen molar-refractivity contribution in [2.75, 3.05) is 20.8 Å². The van der Waals surface area contributed by atoms with E-state index in [1.165, 1.54) is 26.4 Å². The second-order valence-electron chi connectivity index (χ2n) is 5.92. The van der Waals surface area contributed by atoms with Crippen molar-refractivity contribution >= 4 is 17.7 Å². The second kappa shape index (κ2) is 9.07. The summed E-state index contributed by atoms with van der Waals surface area (Å²) in [6.07, 6.45) is 1.05. The normalized spacial score (nSPS) is 16.1. The first-order valence-electron chi connectivity index (χ1n) is 8.75. The molecule has 1 aromatic rings. The molecule has 0 saturated heterocycles. The average molecular weight is 393 g/mol. The molecule has 0 radical (unpaired) electrons. The summed E-state index contributed by atoms with van der Waals surface area (Å²) in [5, 5.41) is 16.9. The number of nitrogens with zero attached hydrogens (tertiary/aromatic N) is 1. The SMILES string of the molecule is CCCC1=C(C(=O)OC)C(c2cc(OCC)c(OC)cc2[N+](=O)[O-])NC(=O)N1. The first-order valence-corrected chi connectivity index (χ1v) is 8.75. The molecule has 1 aliphatic heterocycles. The fourth-order valence-electron chi connectivity index (χ4n) is 3.03. The van der Waals surface area contributed by atoms with Gasteiger partial charge in [0.1, 0.15) is 0 Å². The van der Waals surface area contributed by atoms with E-state index < -0.39 is 23.0 Å². The molecule has 10 nitrogen and oxygen atoms in total. The summed E-state index contributed by atoms with van der Waals surface area (Å²) in [5.41, 5.74) is 0.258. The van der Waals surface area contributed by atoms with Crippen LogP contribution in [0.15, 0.2) is 23.4 Å². The molecule has 0 fully saturated rings. The van der Waals surface area contributed by atoms with Crippen LogP contribution in [0.3, 0.4) is 0 Å². The Morgan fingerprint density at radius 2 is 1.96 bits per heavy atom. The molecule has 1 atom stereocenters. The molecular weight excluding hydrogens is 370 g/mol. The highest BCUT2D eigenvalue weighted by molar-refractivity contribution is 5.95. The molecular formula is C18H23N3O7. The van der Waals surface area contributed by atoms with E-state index in [4.69, 9.17) is 14.2 Å². The Bertz CT molecular complexity index is 820. The van der Waals surface area contributed by atoms with E-state index in [1.54, 1.807) is 6.92 Å². The number of rotatable bonds is 8. The van der Waals surface area contributed by atoms with E-state index in [2.05, 4.69) is 10.6 Å². The van der Waals surface area contributed by atoms with Gasteiger partial charge in [0, 0.05) is 5.70 Å². The van der Waals surface area contributed by atoms with Crippen LogP contribution in [0.25, 0.3) is 0 Å². The highest BCUT2D eigenvalue weighted by atomic mass is 16.6. The lowest BCUT2D eigenvalue weighted by Crippen LogP contribution is -2.46. The van der Waals surface area contributed by atoms with Crippen molar-refractivity contribution in [1.29, 1.82) is 0 Å². The number of nitrogens with one attached hydrogen (secondary N) is 2. The molecule has 2 rings (SSSR count). The third kappa shape index (κ3) is 4.16. The van der Waals surface area contributed by atoms with Crippen molar-refractivity contribution in [2.45, 2.75) is 32.7 Å². The van der Waals surface area contributed by atoms with Crippen LogP contribution in [-0.4, -0.2) is 37.8 Å². The maximum Gasteiger partial charge on any atom is 0.337 e. The van der Waals surface area contributed by atoms with Gasteiger partial charge in [-0.25, -0.2) is 9.59 Å². The largest absolute Gasteiger partial charge is 0.493 e. The van der Waals surface area contributed by atoms with Crippen molar-refractivity contribution in [3.63, 3.8) is 0 Å². The molecule has 0 saturated carbocycles. The Kier molecular flexibility index (Phi) is 6.80. The Balaban J connectivity index is 2.75. The van der Waals surface area contributed by atoms with Crippen molar-refractivity contribution in [2.24, 2.45) is 0 Å². The summed E-state index contributed by atoms with van der Waals surface area (Å²) in [6, 6.07) is 0.976. The van der Waals surface area contributed by atoms with Crippen LogP contribution in [0.2, 0.25) is 0 Å². The van der Waals surface area contributed by atoms with Gasteiger partial charge in [-0.05, 0) is 19.4 Å². The molecule has 28 heavy (non-hydrogen) atoms. The summed E-state index contributed by atoms with van der Waals surface area (Å²) >= 11 is 0. The van der Waals surface area contributed by atoms with Gasteiger partial charge in [0.2, 0.25) is 0 Å². The van der Waals surface area contributed by atoms with Gasteiger partial charge in [-0.1, -0.05) is 13.3 Å². The van der Waals surface area contributed by atoms with E-state index in [1.807, 2.05) is 6.92 Å². The van der Waals surface area contributed by atoms with Gasteiger partial charge >= 0.3 is 12.0 Å². The van der Waals surface area contributed by atoms with Crippen LogP contribution in [0.4, 0.5) is 10.5 Å². The number of carbonyl (C=O) groups is 2. The van der Waals surface area contributed by atoms with Crippen LogP contribution in [-0.2, 0) is 9.53 Å². The summed E-state index contributed by atoms with van der Waals surface area (Å²) in [7, 11) is 2.58. The van der Waals surface area contributed by atoms with Gasteiger partial charge < -0.3 is 24.8 Å². The molecule has 1 aliphatic rings. The monoisotopic (exact) mass is 393 g/mol. The molecule has 152 valence electrons. The van der Waals surface area contributed by atoms with Crippen molar-refractivity contribution in [1.82, 2.24) is 10.6 Å². The fourth-order valence-corrected chi connectivity index (χ4v) is 3.03. The predicted octanol–water partition coefficient (Wildman–Crippen LogP) is 2.58. The van der Waals surface area contributed by atoms with Gasteiger partial charge in [-0.15, -0.1) is 0 Å². The van der Waals surface area contributed by atoms with Crippen LogP contribution < -0.4 is 20.1 Å². The number of benzene rings is 1. The highest BCUT2D eigenvalue weighted by Gasteiger charge is 2.37. The van der Waals surface area contributed by atoms with Crippen molar-refractivity contribution < 1.29 is 28.7 Å². The number of hydrogen-bond acceptors (Lipinski definition) is 7. The Morgan fingerprint density at radius 1 is 1.25 bits per heavy atom. The molecule has 0 spiro atoms. The quantitative estimate of drug-likeness (QED) is 0.394. The molecule has 1 aromatic carbocycles. The predicted molar refractivity (Wildman–Crippen MR) is 99.2 cm³/mol. The number of nitro groups is 1. The minimum atomic E-state index is -1.08. The zero-order valence-electron chi connectivity index (χ0n) is 16.2. The number of esters is 1. The molecule has 0 aliphatic carbocycles. The minimum Gasteiger partial charge on any atom is -0.493 e. The third-order valence-electron chi connectivity index (χ3n) is 4.18. The average Bonchev–Trinajstić information content (AvgIpc) is 2.67. The zero-order chi connectivity index (χ0) is 20.8. The van der Waals surface area contributed by atoms with E-state index in [-0.39, 0.29) is 28.3 Å². The molecule has 1 unspecified atom stereocenters. The number of carbonyl (C=O) groups excluding carboxylic acids is 2. The standard InChI is InChI=1S/C18H23N3O7/c1-5-7-11-15(17(22)27-4)16(20-18(23)19-11)10-8-14(28-6-2)13(26-3)9-12(10)21(24)25/h8-9,16H,5-7H2,1-4H3,(H2,19,20,23). The molecule has 2 amide bonds. The lowest BCUT2D eigenvalue weighted by Gasteiger charge is -2.29. The van der Waals surface area contributed by atoms with Crippen molar-refractivity contribution in [3.8, 4) is 11.5 Å². The Labute approximate surface area is 162 Å². The summed E-state index contributed by atoms with van der Waals surface area (Å²) in [6.45, 7) is 3.94. The van der Waals surface area contributed by atoms with E-state index >= 15 is 0 Å². The van der Waals surface area contributed by atoms with Gasteiger partial charge in [0.15, 0.2) is 11.5 Å². The maximum atomic E-state index is 12.5.